The number of hydrogen-bond acceptors (Lipinski definition) is 4. The Morgan fingerprint density at radius 3 is 2.53 bits per heavy atom. The quantitative estimate of drug-likeness (QED) is 0.616. The van der Waals surface area contributed by atoms with Crippen molar-refractivity contribution in [1.29, 1.82) is 0 Å². The van der Waals surface area contributed by atoms with E-state index >= 15 is 0 Å². The molecule has 3 heterocycles. The number of hydrogen-bond donors (Lipinski definition) is 1. The topological polar surface area (TPSA) is 63.1 Å². The SMILES string of the molecule is CCN1CCC(n2ncc3c(Cl)c(C(=O)Nc4ccc(C(C)C)cc4)cnc32)CC1. The molecule has 6 nitrogen and oxygen atoms in total. The van der Waals surface area contributed by atoms with Crippen LogP contribution in [0, 0.1) is 0 Å². The summed E-state index contributed by atoms with van der Waals surface area (Å²) in [6.07, 6.45) is 5.37. The third-order valence-corrected chi connectivity index (χ3v) is 6.40. The first-order valence-electron chi connectivity index (χ1n) is 10.6. The first-order chi connectivity index (χ1) is 14.5. The van der Waals surface area contributed by atoms with Crippen molar-refractivity contribution in [2.75, 3.05) is 25.0 Å². The lowest BCUT2D eigenvalue weighted by atomic mass is 10.0. The molecule has 4 rings (SSSR count). The summed E-state index contributed by atoms with van der Waals surface area (Å²) in [4.78, 5) is 19.8. The number of nitrogens with zero attached hydrogens (tertiary/aromatic N) is 4. The Bertz CT molecular complexity index is 1040. The number of pyridine rings is 1. The van der Waals surface area contributed by atoms with Crippen LogP contribution < -0.4 is 5.32 Å². The van der Waals surface area contributed by atoms with Crippen LogP contribution in [-0.2, 0) is 0 Å². The lowest BCUT2D eigenvalue weighted by Crippen LogP contribution is -2.34. The van der Waals surface area contributed by atoms with Gasteiger partial charge in [0.25, 0.3) is 5.91 Å². The molecule has 0 atom stereocenters. The van der Waals surface area contributed by atoms with Crippen LogP contribution in [0.2, 0.25) is 5.02 Å². The Labute approximate surface area is 182 Å². The number of rotatable bonds is 5. The Kier molecular flexibility index (Phi) is 6.06. The van der Waals surface area contributed by atoms with Gasteiger partial charge in [0.2, 0.25) is 0 Å². The van der Waals surface area contributed by atoms with Gasteiger partial charge in [0.1, 0.15) is 0 Å². The number of amides is 1. The number of anilines is 1. The smallest absolute Gasteiger partial charge is 0.258 e. The third kappa shape index (κ3) is 4.07. The fourth-order valence-corrected chi connectivity index (χ4v) is 4.29. The fourth-order valence-electron chi connectivity index (χ4n) is 4.02. The zero-order chi connectivity index (χ0) is 21.3. The molecule has 7 heteroatoms. The van der Waals surface area contributed by atoms with E-state index in [0.29, 0.717) is 22.5 Å². The summed E-state index contributed by atoms with van der Waals surface area (Å²) < 4.78 is 1.97. The predicted molar refractivity (Wildman–Crippen MR) is 121 cm³/mol. The number of carbonyl (C=O) groups is 1. The predicted octanol–water partition coefficient (Wildman–Crippen LogP) is 5.12. The summed E-state index contributed by atoms with van der Waals surface area (Å²) in [5.41, 5.74) is 3.07. The summed E-state index contributed by atoms with van der Waals surface area (Å²) in [6.45, 7) is 9.67. The summed E-state index contributed by atoms with van der Waals surface area (Å²) in [5, 5.41) is 8.59. The van der Waals surface area contributed by atoms with Crippen molar-refractivity contribution in [3.8, 4) is 0 Å². The van der Waals surface area contributed by atoms with Crippen LogP contribution in [0.1, 0.15) is 61.5 Å². The minimum absolute atomic E-state index is 0.268. The van der Waals surface area contributed by atoms with E-state index in [-0.39, 0.29) is 5.91 Å². The van der Waals surface area contributed by atoms with Crippen molar-refractivity contribution in [1.82, 2.24) is 19.7 Å². The first-order valence-corrected chi connectivity index (χ1v) is 11.0. The van der Waals surface area contributed by atoms with Crippen LogP contribution >= 0.6 is 11.6 Å². The summed E-state index contributed by atoms with van der Waals surface area (Å²) in [7, 11) is 0. The highest BCUT2D eigenvalue weighted by atomic mass is 35.5. The fraction of sp³-hybridized carbons (Fsp3) is 0.435. The van der Waals surface area contributed by atoms with Crippen LogP contribution in [0.15, 0.2) is 36.7 Å². The number of aromatic nitrogens is 3. The number of piperidine rings is 1. The molecular formula is C23H28ClN5O. The Morgan fingerprint density at radius 1 is 1.20 bits per heavy atom. The second-order valence-electron chi connectivity index (χ2n) is 8.21. The van der Waals surface area contributed by atoms with Gasteiger partial charge in [0, 0.05) is 25.0 Å². The van der Waals surface area contributed by atoms with E-state index in [1.165, 1.54) is 5.56 Å². The number of likely N-dealkylation sites (tertiary alicyclic amines) is 1. The molecule has 0 bridgehead atoms. The van der Waals surface area contributed by atoms with E-state index in [9.17, 15) is 4.79 Å². The van der Waals surface area contributed by atoms with Gasteiger partial charge in [-0.15, -0.1) is 0 Å². The zero-order valence-electron chi connectivity index (χ0n) is 17.7. The summed E-state index contributed by atoms with van der Waals surface area (Å²) in [6, 6.07) is 8.18. The van der Waals surface area contributed by atoms with E-state index in [1.807, 2.05) is 28.9 Å². The molecule has 1 fully saturated rings. The Hall–Kier alpha value is -2.44. The van der Waals surface area contributed by atoms with Crippen LogP contribution in [0.3, 0.4) is 0 Å². The highest BCUT2D eigenvalue weighted by Gasteiger charge is 2.24. The maximum atomic E-state index is 12.8. The van der Waals surface area contributed by atoms with Gasteiger partial charge >= 0.3 is 0 Å². The van der Waals surface area contributed by atoms with Crippen LogP contribution in [0.4, 0.5) is 5.69 Å². The molecule has 1 saturated heterocycles. The average Bonchev–Trinajstić information content (AvgIpc) is 3.19. The van der Waals surface area contributed by atoms with Crippen LogP contribution in [-0.4, -0.2) is 45.2 Å². The van der Waals surface area contributed by atoms with Gasteiger partial charge in [-0.2, -0.15) is 5.10 Å². The molecule has 0 unspecified atom stereocenters. The molecule has 0 aliphatic carbocycles. The first kappa shape index (κ1) is 20.8. The molecule has 30 heavy (non-hydrogen) atoms. The van der Waals surface area contributed by atoms with Gasteiger partial charge in [0.15, 0.2) is 5.65 Å². The molecule has 1 N–H and O–H groups in total. The molecule has 1 aromatic carbocycles. The lowest BCUT2D eigenvalue weighted by Gasteiger charge is -2.31. The summed E-state index contributed by atoms with van der Waals surface area (Å²) >= 11 is 6.60. The minimum Gasteiger partial charge on any atom is -0.322 e. The highest BCUT2D eigenvalue weighted by molar-refractivity contribution is 6.38. The van der Waals surface area contributed by atoms with Gasteiger partial charge in [-0.25, -0.2) is 9.67 Å². The molecule has 2 aromatic heterocycles. The minimum atomic E-state index is -0.268. The number of carbonyl (C=O) groups excluding carboxylic acids is 1. The maximum absolute atomic E-state index is 12.8. The van der Waals surface area contributed by atoms with E-state index in [2.05, 4.69) is 41.1 Å². The molecule has 158 valence electrons. The zero-order valence-corrected chi connectivity index (χ0v) is 18.5. The second-order valence-corrected chi connectivity index (χ2v) is 8.59. The molecule has 0 saturated carbocycles. The molecule has 3 aromatic rings. The molecular weight excluding hydrogens is 398 g/mol. The lowest BCUT2D eigenvalue weighted by molar-refractivity contribution is 0.102. The highest BCUT2D eigenvalue weighted by Crippen LogP contribution is 2.30. The average molecular weight is 426 g/mol. The van der Waals surface area contributed by atoms with E-state index < -0.39 is 0 Å². The molecule has 0 spiro atoms. The molecule has 1 aliphatic heterocycles. The molecule has 0 radical (unpaired) electrons. The molecule has 1 amide bonds. The monoisotopic (exact) mass is 425 g/mol. The van der Waals surface area contributed by atoms with Crippen molar-refractivity contribution in [2.24, 2.45) is 0 Å². The van der Waals surface area contributed by atoms with Crippen molar-refractivity contribution < 1.29 is 4.79 Å². The van der Waals surface area contributed by atoms with Gasteiger partial charge in [-0.05, 0) is 43.0 Å². The standard InChI is InChI=1S/C23H28ClN5O/c1-4-28-11-9-18(10-12-28)29-22-19(14-26-29)21(24)20(13-25-22)23(30)27-17-7-5-16(6-8-17)15(2)3/h5-8,13-15,18H,4,9-12H2,1-3H3,(H,27,30). The number of fused-ring (bicyclic) bond motifs is 1. The number of halogens is 1. The maximum Gasteiger partial charge on any atom is 0.258 e. The van der Waals surface area contributed by atoms with E-state index in [4.69, 9.17) is 11.6 Å². The normalized spacial score (nSPS) is 15.8. The van der Waals surface area contributed by atoms with Crippen molar-refractivity contribution >= 4 is 34.2 Å². The number of nitrogens with one attached hydrogen (secondary N) is 1. The number of benzene rings is 1. The van der Waals surface area contributed by atoms with Crippen LogP contribution in [0.25, 0.3) is 11.0 Å². The van der Waals surface area contributed by atoms with Gasteiger partial charge in [-0.3, -0.25) is 4.79 Å². The Balaban J connectivity index is 1.54. The van der Waals surface area contributed by atoms with Crippen LogP contribution in [0.5, 0.6) is 0 Å². The Morgan fingerprint density at radius 2 is 1.90 bits per heavy atom. The van der Waals surface area contributed by atoms with Gasteiger partial charge < -0.3 is 10.2 Å². The second kappa shape index (κ2) is 8.74. The third-order valence-electron chi connectivity index (χ3n) is 5.99. The molecule has 1 aliphatic rings. The largest absolute Gasteiger partial charge is 0.322 e. The van der Waals surface area contributed by atoms with Gasteiger partial charge in [0.05, 0.1) is 28.2 Å². The summed E-state index contributed by atoms with van der Waals surface area (Å²) in [5.74, 6) is 0.178. The van der Waals surface area contributed by atoms with E-state index in [1.54, 1.807) is 12.4 Å². The van der Waals surface area contributed by atoms with Crippen molar-refractivity contribution in [2.45, 2.75) is 45.6 Å². The van der Waals surface area contributed by atoms with E-state index in [0.717, 1.165) is 49.2 Å². The van der Waals surface area contributed by atoms with Crippen molar-refractivity contribution in [3.05, 3.63) is 52.8 Å². The van der Waals surface area contributed by atoms with Gasteiger partial charge in [-0.1, -0.05) is 44.5 Å². The van der Waals surface area contributed by atoms with Crippen molar-refractivity contribution in [3.63, 3.8) is 0 Å².